The van der Waals surface area contributed by atoms with Crippen molar-refractivity contribution in [3.05, 3.63) is 17.3 Å². The fraction of sp³-hybridized carbons (Fsp3) is 0.765. The Morgan fingerprint density at radius 1 is 1.32 bits per heavy atom. The molecule has 3 heterocycles. The van der Waals surface area contributed by atoms with Gasteiger partial charge < -0.3 is 15.1 Å². The van der Waals surface area contributed by atoms with Crippen LogP contribution in [-0.2, 0) is 11.3 Å². The molecule has 0 spiro atoms. The first-order valence-corrected chi connectivity index (χ1v) is 8.78. The molecule has 2 unspecified atom stereocenters. The summed E-state index contributed by atoms with van der Waals surface area (Å²) in [4.78, 5) is 18.9. The predicted molar refractivity (Wildman–Crippen MR) is 103 cm³/mol. The van der Waals surface area contributed by atoms with Gasteiger partial charge in [-0.15, -0.1) is 24.8 Å². The van der Waals surface area contributed by atoms with Crippen LogP contribution in [0.4, 0.5) is 0 Å². The molecule has 25 heavy (non-hydrogen) atoms. The van der Waals surface area contributed by atoms with Crippen LogP contribution in [0.15, 0.2) is 4.42 Å². The number of oxazole rings is 1. The lowest BCUT2D eigenvalue weighted by Gasteiger charge is -2.32. The zero-order chi connectivity index (χ0) is 16.2. The first-order chi connectivity index (χ1) is 11.1. The van der Waals surface area contributed by atoms with Crippen molar-refractivity contribution in [2.75, 3.05) is 26.2 Å². The van der Waals surface area contributed by atoms with Gasteiger partial charge in [-0.3, -0.25) is 9.69 Å². The largest absolute Gasteiger partial charge is 0.444 e. The maximum Gasteiger partial charge on any atom is 0.237 e. The van der Waals surface area contributed by atoms with Gasteiger partial charge in [0, 0.05) is 13.1 Å². The van der Waals surface area contributed by atoms with Gasteiger partial charge in [-0.1, -0.05) is 0 Å². The molecule has 0 radical (unpaired) electrons. The molecule has 0 aliphatic carbocycles. The highest BCUT2D eigenvalue weighted by Crippen LogP contribution is 2.19. The van der Waals surface area contributed by atoms with Gasteiger partial charge in [0.05, 0.1) is 18.3 Å². The van der Waals surface area contributed by atoms with Gasteiger partial charge in [-0.2, -0.15) is 0 Å². The molecule has 3 rings (SSSR count). The van der Waals surface area contributed by atoms with E-state index in [0.717, 1.165) is 62.9 Å². The summed E-state index contributed by atoms with van der Waals surface area (Å²) >= 11 is 0. The molecule has 2 N–H and O–H groups in total. The molecule has 2 saturated heterocycles. The van der Waals surface area contributed by atoms with E-state index in [1.165, 1.54) is 12.8 Å². The van der Waals surface area contributed by atoms with E-state index in [4.69, 9.17) is 4.42 Å². The van der Waals surface area contributed by atoms with Crippen molar-refractivity contribution in [2.24, 2.45) is 5.92 Å². The first kappa shape index (κ1) is 22.2. The zero-order valence-corrected chi connectivity index (χ0v) is 16.7. The lowest BCUT2D eigenvalue weighted by atomic mass is 9.98. The van der Waals surface area contributed by atoms with Gasteiger partial charge in [0.25, 0.3) is 0 Å². The Kier molecular flexibility index (Phi) is 9.21. The minimum absolute atomic E-state index is 0. The van der Waals surface area contributed by atoms with Crippen LogP contribution in [0.3, 0.4) is 0 Å². The number of halogens is 2. The standard InChI is InChI=1S/C17H28N4O2.2ClH/c1-12-13(2)23-16(20-12)11-21-8-4-5-14(10-21)9-19-17(22)15-6-3-7-18-15;;/h14-15,18H,3-11H2,1-2H3,(H,19,22);2*1H. The topological polar surface area (TPSA) is 70.4 Å². The number of hydrogen-bond donors (Lipinski definition) is 2. The number of rotatable bonds is 5. The molecule has 6 nitrogen and oxygen atoms in total. The quantitative estimate of drug-likeness (QED) is 0.803. The summed E-state index contributed by atoms with van der Waals surface area (Å²) in [6, 6.07) is 0.0213. The van der Waals surface area contributed by atoms with Crippen molar-refractivity contribution in [1.29, 1.82) is 0 Å². The van der Waals surface area contributed by atoms with Crippen LogP contribution in [-0.4, -0.2) is 48.0 Å². The van der Waals surface area contributed by atoms with E-state index in [1.54, 1.807) is 0 Å². The summed E-state index contributed by atoms with van der Waals surface area (Å²) in [6.07, 6.45) is 4.41. The van der Waals surface area contributed by atoms with Crippen LogP contribution in [0.5, 0.6) is 0 Å². The minimum Gasteiger partial charge on any atom is -0.444 e. The molecule has 8 heteroatoms. The Bertz CT molecular complexity index is 527. The Balaban J connectivity index is 0.00000156. The Morgan fingerprint density at radius 2 is 2.12 bits per heavy atom. The SMILES string of the molecule is Cc1nc(CN2CCCC(CNC(=O)C3CCCN3)C2)oc1C.Cl.Cl. The van der Waals surface area contributed by atoms with Crippen molar-refractivity contribution in [3.63, 3.8) is 0 Å². The van der Waals surface area contributed by atoms with E-state index in [0.29, 0.717) is 5.92 Å². The summed E-state index contributed by atoms with van der Waals surface area (Å²) in [5, 5.41) is 6.37. The molecule has 1 aromatic rings. The average Bonchev–Trinajstić information content (AvgIpc) is 3.16. The molecule has 2 aliphatic rings. The van der Waals surface area contributed by atoms with E-state index < -0.39 is 0 Å². The molecule has 2 atom stereocenters. The molecule has 2 fully saturated rings. The molecule has 1 aromatic heterocycles. The average molecular weight is 393 g/mol. The van der Waals surface area contributed by atoms with Crippen molar-refractivity contribution in [3.8, 4) is 0 Å². The lowest BCUT2D eigenvalue weighted by Crippen LogP contribution is -2.45. The number of aromatic nitrogens is 1. The molecule has 0 bridgehead atoms. The maximum atomic E-state index is 12.1. The molecule has 0 saturated carbocycles. The Labute approximate surface area is 162 Å². The highest BCUT2D eigenvalue weighted by atomic mass is 35.5. The number of nitrogens with zero attached hydrogens (tertiary/aromatic N) is 2. The van der Waals surface area contributed by atoms with E-state index in [-0.39, 0.29) is 36.8 Å². The number of amides is 1. The van der Waals surface area contributed by atoms with Gasteiger partial charge in [0.1, 0.15) is 5.76 Å². The Hall–Kier alpha value is -0.820. The fourth-order valence-electron chi connectivity index (χ4n) is 3.54. The molecule has 1 amide bonds. The third-order valence-corrected chi connectivity index (χ3v) is 4.98. The van der Waals surface area contributed by atoms with Crippen LogP contribution in [0.1, 0.15) is 43.0 Å². The first-order valence-electron chi connectivity index (χ1n) is 8.78. The van der Waals surface area contributed by atoms with Crippen LogP contribution in [0, 0.1) is 19.8 Å². The van der Waals surface area contributed by atoms with E-state index >= 15 is 0 Å². The third kappa shape index (κ3) is 6.13. The van der Waals surface area contributed by atoms with Crippen molar-refractivity contribution in [2.45, 2.75) is 52.1 Å². The van der Waals surface area contributed by atoms with Crippen LogP contribution in [0.2, 0.25) is 0 Å². The van der Waals surface area contributed by atoms with E-state index in [2.05, 4.69) is 20.5 Å². The number of piperidine rings is 1. The van der Waals surface area contributed by atoms with Crippen molar-refractivity contribution in [1.82, 2.24) is 20.5 Å². The molecular formula is C17H30Cl2N4O2. The van der Waals surface area contributed by atoms with Gasteiger partial charge in [0.2, 0.25) is 11.8 Å². The van der Waals surface area contributed by atoms with Gasteiger partial charge in [-0.25, -0.2) is 4.98 Å². The highest BCUT2D eigenvalue weighted by molar-refractivity contribution is 5.85. The van der Waals surface area contributed by atoms with Crippen molar-refractivity contribution >= 4 is 30.7 Å². The minimum atomic E-state index is 0. The van der Waals surface area contributed by atoms with Crippen LogP contribution < -0.4 is 10.6 Å². The molecule has 2 aliphatic heterocycles. The van der Waals surface area contributed by atoms with Crippen LogP contribution >= 0.6 is 24.8 Å². The van der Waals surface area contributed by atoms with Gasteiger partial charge in [-0.05, 0) is 58.5 Å². The van der Waals surface area contributed by atoms with Gasteiger partial charge in [0.15, 0.2) is 0 Å². The van der Waals surface area contributed by atoms with Crippen molar-refractivity contribution < 1.29 is 9.21 Å². The smallest absolute Gasteiger partial charge is 0.237 e. The second-order valence-corrected chi connectivity index (χ2v) is 6.89. The summed E-state index contributed by atoms with van der Waals surface area (Å²) in [5.41, 5.74) is 0.977. The number of likely N-dealkylation sites (tertiary alicyclic amines) is 1. The normalized spacial score (nSPS) is 23.6. The summed E-state index contributed by atoms with van der Waals surface area (Å²) in [7, 11) is 0. The Morgan fingerprint density at radius 3 is 2.76 bits per heavy atom. The molecule has 0 aromatic carbocycles. The summed E-state index contributed by atoms with van der Waals surface area (Å²) < 4.78 is 5.69. The second kappa shape index (κ2) is 10.4. The molecular weight excluding hydrogens is 363 g/mol. The summed E-state index contributed by atoms with van der Waals surface area (Å²) in [5.74, 6) is 2.40. The third-order valence-electron chi connectivity index (χ3n) is 4.98. The number of carbonyl (C=O) groups excluding carboxylic acids is 1. The molecule has 144 valence electrons. The predicted octanol–water partition coefficient (Wildman–Crippen LogP) is 2.22. The summed E-state index contributed by atoms with van der Waals surface area (Å²) in [6.45, 7) is 8.52. The van der Waals surface area contributed by atoms with E-state index in [9.17, 15) is 4.79 Å². The maximum absolute atomic E-state index is 12.1. The second-order valence-electron chi connectivity index (χ2n) is 6.89. The van der Waals surface area contributed by atoms with Crippen LogP contribution in [0.25, 0.3) is 0 Å². The zero-order valence-electron chi connectivity index (χ0n) is 15.0. The monoisotopic (exact) mass is 392 g/mol. The lowest BCUT2D eigenvalue weighted by molar-refractivity contribution is -0.123. The van der Waals surface area contributed by atoms with E-state index in [1.807, 2.05) is 13.8 Å². The number of aryl methyl sites for hydroxylation is 2. The highest BCUT2D eigenvalue weighted by Gasteiger charge is 2.25. The number of nitrogens with one attached hydrogen (secondary N) is 2. The van der Waals surface area contributed by atoms with Gasteiger partial charge >= 0.3 is 0 Å². The number of hydrogen-bond acceptors (Lipinski definition) is 5. The fourth-order valence-corrected chi connectivity index (χ4v) is 3.54. The number of carbonyl (C=O) groups is 1.